The lowest BCUT2D eigenvalue weighted by Crippen LogP contribution is -2.20. The molecule has 5 nitrogen and oxygen atoms in total. The standard InChI is InChI=1S/C18H19ClN2O3S/c1-2-11-5-6-14-12(8-11)9-15(25-14)18(23)24-10-16(22)21-13-4-3-7-20-17(13)19/h3-4,7,9,11H,2,5-6,8,10H2,1H3,(H,21,22)/t11-/m0/s1. The second kappa shape index (κ2) is 7.97. The molecule has 3 rings (SSSR count). The number of amides is 1. The number of nitrogens with zero attached hydrogens (tertiary/aromatic N) is 1. The third-order valence-corrected chi connectivity index (χ3v) is 5.85. The molecular formula is C18H19ClN2O3S. The molecule has 25 heavy (non-hydrogen) atoms. The minimum absolute atomic E-state index is 0.193. The Hall–Kier alpha value is -1.92. The molecule has 0 bridgehead atoms. The number of rotatable bonds is 5. The smallest absolute Gasteiger partial charge is 0.348 e. The van der Waals surface area contributed by atoms with Gasteiger partial charge >= 0.3 is 5.97 Å². The van der Waals surface area contributed by atoms with Crippen molar-refractivity contribution in [1.29, 1.82) is 0 Å². The van der Waals surface area contributed by atoms with E-state index in [4.69, 9.17) is 16.3 Å². The predicted molar refractivity (Wildman–Crippen MR) is 98.3 cm³/mol. The summed E-state index contributed by atoms with van der Waals surface area (Å²) in [6.45, 7) is 1.84. The average Bonchev–Trinajstić information content (AvgIpc) is 3.04. The number of esters is 1. The van der Waals surface area contributed by atoms with E-state index in [-0.39, 0.29) is 11.8 Å². The van der Waals surface area contributed by atoms with Crippen LogP contribution >= 0.6 is 22.9 Å². The number of aryl methyl sites for hydroxylation is 1. The van der Waals surface area contributed by atoms with Crippen molar-refractivity contribution < 1.29 is 14.3 Å². The van der Waals surface area contributed by atoms with Crippen LogP contribution in [0.2, 0.25) is 5.15 Å². The molecule has 132 valence electrons. The van der Waals surface area contributed by atoms with Crippen molar-refractivity contribution in [3.8, 4) is 0 Å². The second-order valence-electron chi connectivity index (χ2n) is 6.04. The van der Waals surface area contributed by atoms with Crippen molar-refractivity contribution in [2.45, 2.75) is 32.6 Å². The minimum Gasteiger partial charge on any atom is -0.451 e. The Bertz CT molecular complexity index is 790. The fourth-order valence-corrected chi connectivity index (χ4v) is 4.18. The molecule has 1 aliphatic rings. The lowest BCUT2D eigenvalue weighted by atomic mass is 9.87. The molecule has 1 atom stereocenters. The largest absolute Gasteiger partial charge is 0.451 e. The number of pyridine rings is 1. The summed E-state index contributed by atoms with van der Waals surface area (Å²) in [6.07, 6.45) is 5.90. The van der Waals surface area contributed by atoms with Crippen molar-refractivity contribution >= 4 is 40.5 Å². The Morgan fingerprint density at radius 3 is 3.08 bits per heavy atom. The van der Waals surface area contributed by atoms with Gasteiger partial charge in [-0.05, 0) is 48.9 Å². The molecule has 0 unspecified atom stereocenters. The zero-order chi connectivity index (χ0) is 17.8. The molecule has 1 N–H and O–H groups in total. The first-order valence-electron chi connectivity index (χ1n) is 8.26. The average molecular weight is 379 g/mol. The first kappa shape index (κ1) is 17.9. The molecule has 7 heteroatoms. The van der Waals surface area contributed by atoms with Crippen LogP contribution in [0.25, 0.3) is 0 Å². The van der Waals surface area contributed by atoms with E-state index in [0.717, 1.165) is 19.3 Å². The molecule has 0 radical (unpaired) electrons. The van der Waals surface area contributed by atoms with E-state index in [2.05, 4.69) is 17.2 Å². The fourth-order valence-electron chi connectivity index (χ4n) is 2.92. The van der Waals surface area contributed by atoms with Gasteiger partial charge in [-0.1, -0.05) is 24.9 Å². The molecule has 0 spiro atoms. The van der Waals surface area contributed by atoms with Crippen molar-refractivity contribution in [3.05, 3.63) is 44.9 Å². The van der Waals surface area contributed by atoms with Crippen LogP contribution in [0.1, 0.15) is 39.9 Å². The predicted octanol–water partition coefficient (Wildman–Crippen LogP) is 4.11. The van der Waals surface area contributed by atoms with Crippen molar-refractivity contribution in [3.63, 3.8) is 0 Å². The zero-order valence-corrected chi connectivity index (χ0v) is 15.5. The fraction of sp³-hybridized carbons (Fsp3) is 0.389. The number of aromatic nitrogens is 1. The van der Waals surface area contributed by atoms with Gasteiger partial charge in [0.25, 0.3) is 5.91 Å². The maximum atomic E-state index is 12.2. The van der Waals surface area contributed by atoms with Gasteiger partial charge in [-0.25, -0.2) is 9.78 Å². The number of carbonyl (C=O) groups is 2. The number of nitrogens with one attached hydrogen (secondary N) is 1. The Morgan fingerprint density at radius 1 is 1.48 bits per heavy atom. The zero-order valence-electron chi connectivity index (χ0n) is 13.9. The summed E-state index contributed by atoms with van der Waals surface area (Å²) in [7, 11) is 0. The summed E-state index contributed by atoms with van der Waals surface area (Å²) < 4.78 is 5.13. The summed E-state index contributed by atoms with van der Waals surface area (Å²) in [5.41, 5.74) is 1.64. The molecule has 0 aromatic carbocycles. The molecule has 2 aromatic heterocycles. The highest BCUT2D eigenvalue weighted by molar-refractivity contribution is 7.14. The van der Waals surface area contributed by atoms with Crippen LogP contribution < -0.4 is 5.32 Å². The number of ether oxygens (including phenoxy) is 1. The summed E-state index contributed by atoms with van der Waals surface area (Å²) in [5.74, 6) is -0.212. The van der Waals surface area contributed by atoms with Gasteiger partial charge in [0.1, 0.15) is 4.88 Å². The molecule has 1 amide bonds. The van der Waals surface area contributed by atoms with Gasteiger partial charge in [-0.2, -0.15) is 0 Å². The van der Waals surface area contributed by atoms with Gasteiger partial charge in [0.2, 0.25) is 0 Å². The SMILES string of the molecule is CC[C@H]1CCc2sc(C(=O)OCC(=O)Nc3cccnc3Cl)cc2C1. The molecule has 1 aliphatic carbocycles. The molecule has 2 aromatic rings. The van der Waals surface area contributed by atoms with Crippen molar-refractivity contribution in [2.75, 3.05) is 11.9 Å². The summed E-state index contributed by atoms with van der Waals surface area (Å²) >= 11 is 7.35. The normalized spacial score (nSPS) is 16.2. The van der Waals surface area contributed by atoms with Crippen LogP contribution in [0.5, 0.6) is 0 Å². The van der Waals surface area contributed by atoms with E-state index in [0.29, 0.717) is 16.5 Å². The van der Waals surface area contributed by atoms with Gasteiger partial charge in [0.05, 0.1) is 5.69 Å². The highest BCUT2D eigenvalue weighted by Gasteiger charge is 2.23. The van der Waals surface area contributed by atoms with E-state index in [1.807, 2.05) is 6.07 Å². The Balaban J connectivity index is 1.55. The van der Waals surface area contributed by atoms with Crippen LogP contribution in [0.15, 0.2) is 24.4 Å². The highest BCUT2D eigenvalue weighted by atomic mass is 35.5. The molecule has 0 saturated heterocycles. The Kier molecular flexibility index (Phi) is 5.71. The maximum Gasteiger partial charge on any atom is 0.348 e. The van der Waals surface area contributed by atoms with Crippen molar-refractivity contribution in [1.82, 2.24) is 4.98 Å². The summed E-state index contributed by atoms with van der Waals surface area (Å²) in [5, 5.41) is 2.77. The topological polar surface area (TPSA) is 68.3 Å². The summed E-state index contributed by atoms with van der Waals surface area (Å²) in [4.78, 5) is 29.8. The molecule has 0 aliphatic heterocycles. The first-order valence-corrected chi connectivity index (χ1v) is 9.45. The molecule has 2 heterocycles. The molecule has 0 saturated carbocycles. The van der Waals surface area contributed by atoms with E-state index in [9.17, 15) is 9.59 Å². The third-order valence-electron chi connectivity index (χ3n) is 4.33. The number of fused-ring (bicyclic) bond motifs is 1. The van der Waals surface area contributed by atoms with Crippen LogP contribution in [0.3, 0.4) is 0 Å². The van der Waals surface area contributed by atoms with Gasteiger partial charge in [-0.15, -0.1) is 11.3 Å². The van der Waals surface area contributed by atoms with Crippen LogP contribution in [-0.4, -0.2) is 23.5 Å². The number of halogens is 1. The highest BCUT2D eigenvalue weighted by Crippen LogP contribution is 2.33. The van der Waals surface area contributed by atoms with Crippen LogP contribution in [0, 0.1) is 5.92 Å². The first-order chi connectivity index (χ1) is 12.1. The molecular weight excluding hydrogens is 360 g/mol. The van der Waals surface area contributed by atoms with Gasteiger partial charge in [0, 0.05) is 11.1 Å². The van der Waals surface area contributed by atoms with Gasteiger partial charge in [-0.3, -0.25) is 4.79 Å². The van der Waals surface area contributed by atoms with Gasteiger partial charge < -0.3 is 10.1 Å². The number of anilines is 1. The third kappa shape index (κ3) is 4.38. The number of carbonyl (C=O) groups excluding carboxylic acids is 2. The van der Waals surface area contributed by atoms with E-state index >= 15 is 0 Å². The lowest BCUT2D eigenvalue weighted by molar-refractivity contribution is -0.119. The van der Waals surface area contributed by atoms with E-state index < -0.39 is 11.9 Å². The van der Waals surface area contributed by atoms with Crippen LogP contribution in [-0.2, 0) is 22.4 Å². The molecule has 0 fully saturated rings. The van der Waals surface area contributed by atoms with E-state index in [1.165, 1.54) is 34.4 Å². The number of hydrogen-bond acceptors (Lipinski definition) is 5. The van der Waals surface area contributed by atoms with Gasteiger partial charge in [0.15, 0.2) is 11.8 Å². The minimum atomic E-state index is -0.458. The number of thiophene rings is 1. The Labute approximate surface area is 155 Å². The van der Waals surface area contributed by atoms with Crippen molar-refractivity contribution in [2.24, 2.45) is 5.92 Å². The lowest BCUT2D eigenvalue weighted by Gasteiger charge is -2.19. The summed E-state index contributed by atoms with van der Waals surface area (Å²) in [6, 6.07) is 5.21. The maximum absolute atomic E-state index is 12.2. The van der Waals surface area contributed by atoms with Crippen LogP contribution in [0.4, 0.5) is 5.69 Å². The Morgan fingerprint density at radius 2 is 2.32 bits per heavy atom. The van der Waals surface area contributed by atoms with E-state index in [1.54, 1.807) is 12.1 Å². The number of hydrogen-bond donors (Lipinski definition) is 1. The second-order valence-corrected chi connectivity index (χ2v) is 7.54. The quantitative estimate of drug-likeness (QED) is 0.628. The monoisotopic (exact) mass is 378 g/mol.